The Balaban J connectivity index is 0.000000154. The van der Waals surface area contributed by atoms with Gasteiger partial charge in [-0.15, -0.1) is 0 Å². The van der Waals surface area contributed by atoms with Crippen LogP contribution in [0.4, 0.5) is 0 Å². The van der Waals surface area contributed by atoms with Crippen molar-refractivity contribution in [2.75, 3.05) is 0 Å². The van der Waals surface area contributed by atoms with E-state index in [2.05, 4.69) is 284 Å². The van der Waals surface area contributed by atoms with E-state index in [-0.39, 0.29) is 5.92 Å². The first-order valence-electron chi connectivity index (χ1n) is 22.2. The van der Waals surface area contributed by atoms with Crippen molar-refractivity contribution in [3.8, 4) is 0 Å². The minimum atomic E-state index is -2.56. The van der Waals surface area contributed by atoms with E-state index in [0.29, 0.717) is 0 Å². The molecule has 0 aliphatic heterocycles. The smallest absolute Gasteiger partial charge is 0.0134 e. The summed E-state index contributed by atoms with van der Waals surface area (Å²) >= 11 is -2.56. The van der Waals surface area contributed by atoms with E-state index in [0.717, 1.165) is 11.7 Å². The van der Waals surface area contributed by atoms with Crippen LogP contribution in [0.2, 0.25) is 0 Å². The van der Waals surface area contributed by atoms with Crippen LogP contribution in [0.3, 0.4) is 0 Å². The third-order valence-corrected chi connectivity index (χ3v) is 23.1. The summed E-state index contributed by atoms with van der Waals surface area (Å²) in [5.74, 6) is 0.0476. The molecule has 0 aromatic heterocycles. The zero-order valence-electron chi connectivity index (χ0n) is 37.4. The molecule has 6 heteroatoms. The Labute approximate surface area is 415 Å². The molecule has 0 N–H and O–H groups in total. The first kappa shape index (κ1) is 49.8. The van der Waals surface area contributed by atoms with Gasteiger partial charge in [-0.05, 0) is 47.7 Å². The normalized spacial score (nSPS) is 11.4. The second kappa shape index (κ2) is 26.4. The summed E-state index contributed by atoms with van der Waals surface area (Å²) in [6.07, 6.45) is 2.65. The Morgan fingerprint density at radius 2 is 0.627 bits per heavy atom. The maximum atomic E-state index is 6.47. The van der Waals surface area contributed by atoms with Gasteiger partial charge in [0, 0.05) is 0 Å². The van der Waals surface area contributed by atoms with Crippen molar-refractivity contribution in [2.45, 2.75) is 13.3 Å². The average Bonchev–Trinajstić information content (AvgIpc) is 3.40. The fourth-order valence-electron chi connectivity index (χ4n) is 8.04. The van der Waals surface area contributed by atoms with E-state index in [4.69, 9.17) is 25.9 Å². The molecule has 0 saturated carbocycles. The number of halogens is 2. The van der Waals surface area contributed by atoms with Crippen LogP contribution in [0, 0.1) is 12.5 Å². The Morgan fingerprint density at radius 3 is 0.806 bits per heavy atom. The first-order valence-corrected chi connectivity index (χ1v) is 34.2. The number of allylic oxidation sites excluding steroid dienone is 2. The van der Waals surface area contributed by atoms with Gasteiger partial charge < -0.3 is 0 Å². The van der Waals surface area contributed by atoms with Gasteiger partial charge in [-0.25, -0.2) is 0 Å². The van der Waals surface area contributed by atoms with Gasteiger partial charge in [0.2, 0.25) is 0 Å². The van der Waals surface area contributed by atoms with Crippen molar-refractivity contribution in [3.05, 3.63) is 291 Å². The second-order valence-corrected chi connectivity index (χ2v) is 30.5. The standard InChI is InChI=1S/C25H23P.2C18H15P.2ClH.Os/c1-4-22(5-2)21(3)26(23-15-9-6-10-16-23,24-17-11-7-12-18-24)25-19-13-8-14-20-25;2*1-4-10-16(11-5-1)19(17-12-6-2-7-13-17)18-14-8-3-9-15-18;;;/h1,4,6-20,22H,5H2,2H3;2*1-15H;2*1H;/q;;;;;+2/p-2. The zero-order chi connectivity index (χ0) is 46.5. The van der Waals surface area contributed by atoms with Gasteiger partial charge in [-0.3, -0.25) is 0 Å². The van der Waals surface area contributed by atoms with Crippen molar-refractivity contribution in [3.63, 3.8) is 0 Å². The fraction of sp³-hybridized carbons (Fsp3) is 0.0492. The quantitative estimate of drug-likeness (QED) is 0.0797. The molecular formula is C61H53Cl2OsP3. The number of hydrogen-bond acceptors (Lipinski definition) is 0. The molecule has 0 radical (unpaired) electrons. The summed E-state index contributed by atoms with van der Waals surface area (Å²) in [6.45, 7) is 8.30. The van der Waals surface area contributed by atoms with Crippen LogP contribution in [0.1, 0.15) is 13.3 Å². The summed E-state index contributed by atoms with van der Waals surface area (Å²) in [5.41, 5.74) is 0. The summed E-state index contributed by atoms with van der Waals surface area (Å²) in [4.78, 5) is 0. The number of rotatable bonds is 13. The Bertz CT molecular complexity index is 2480. The Hall–Kier alpha value is -5.12. The van der Waals surface area contributed by atoms with Crippen LogP contribution in [0.25, 0.3) is 0 Å². The summed E-state index contributed by atoms with van der Waals surface area (Å²) in [6, 6.07) is 96.7. The van der Waals surface area contributed by atoms with Crippen LogP contribution in [0.15, 0.2) is 284 Å². The molecule has 1 atom stereocenters. The molecule has 0 saturated heterocycles. The molecule has 0 fully saturated rings. The van der Waals surface area contributed by atoms with E-state index in [1.807, 2.05) is 0 Å². The van der Waals surface area contributed by atoms with Crippen LogP contribution in [-0.4, -0.2) is 4.22 Å². The maximum Gasteiger partial charge on any atom is -0.0134 e. The minimum Gasteiger partial charge on any atom is -0.0622 e. The van der Waals surface area contributed by atoms with Gasteiger partial charge in [-0.2, -0.15) is 0 Å². The molecule has 0 spiro atoms. The molecule has 9 aromatic carbocycles. The van der Waals surface area contributed by atoms with Crippen LogP contribution >= 0.6 is 42.4 Å². The van der Waals surface area contributed by atoms with Crippen molar-refractivity contribution < 1.29 is 13.8 Å². The topological polar surface area (TPSA) is 0 Å². The molecule has 334 valence electrons. The molecule has 0 aliphatic rings. The summed E-state index contributed by atoms with van der Waals surface area (Å²) < 4.78 is 3.58. The Morgan fingerprint density at radius 1 is 0.418 bits per heavy atom. The SMILES string of the molecule is [CH-]=CC(CC)C(=[C]=[Os]([Cl])[Cl])[P+](c1ccccc1)(c1ccccc1)c1ccccc1.c1ccc(P(c2ccccc2)c2ccccc2)cc1.c1ccc(P(c2ccccc2)c2ccccc2)cc1. The summed E-state index contributed by atoms with van der Waals surface area (Å²) in [7, 11) is 9.81. The molecular weight excluding hydrogens is 1090 g/mol. The molecule has 0 heterocycles. The van der Waals surface area contributed by atoms with E-state index in [9.17, 15) is 0 Å². The molecule has 0 amide bonds. The van der Waals surface area contributed by atoms with Gasteiger partial charge in [0.05, 0.1) is 0 Å². The molecule has 0 bridgehead atoms. The summed E-state index contributed by atoms with van der Waals surface area (Å²) in [5, 5.41) is 13.3. The van der Waals surface area contributed by atoms with Crippen LogP contribution in [0.5, 0.6) is 0 Å². The van der Waals surface area contributed by atoms with Crippen molar-refractivity contribution in [1.82, 2.24) is 0 Å². The minimum absolute atomic E-state index is 0.0476. The molecule has 1 unspecified atom stereocenters. The van der Waals surface area contributed by atoms with Gasteiger partial charge in [-0.1, -0.05) is 182 Å². The first-order chi connectivity index (χ1) is 33.0. The van der Waals surface area contributed by atoms with Gasteiger partial charge in [0.15, 0.2) is 0 Å². The zero-order valence-corrected chi connectivity index (χ0v) is 44.1. The van der Waals surface area contributed by atoms with Crippen molar-refractivity contribution in [1.29, 1.82) is 0 Å². The third kappa shape index (κ3) is 13.1. The van der Waals surface area contributed by atoms with E-state index >= 15 is 0 Å². The van der Waals surface area contributed by atoms with Gasteiger partial charge in [0.1, 0.15) is 0 Å². The largest absolute Gasteiger partial charge is 0.0622 e. The average molecular weight is 1140 g/mol. The van der Waals surface area contributed by atoms with E-state index in [1.165, 1.54) is 47.7 Å². The predicted molar refractivity (Wildman–Crippen MR) is 298 cm³/mol. The van der Waals surface area contributed by atoms with Gasteiger partial charge >= 0.3 is 189 Å². The third-order valence-electron chi connectivity index (χ3n) is 11.1. The van der Waals surface area contributed by atoms with Gasteiger partial charge in [0.25, 0.3) is 0 Å². The predicted octanol–water partition coefficient (Wildman–Crippen LogP) is 13.1. The van der Waals surface area contributed by atoms with Crippen LogP contribution in [-0.2, 0) is 13.8 Å². The molecule has 0 aliphatic carbocycles. The van der Waals surface area contributed by atoms with E-state index in [1.54, 1.807) is 6.08 Å². The second-order valence-electron chi connectivity index (χ2n) is 15.2. The van der Waals surface area contributed by atoms with E-state index < -0.39 is 36.9 Å². The van der Waals surface area contributed by atoms with Crippen molar-refractivity contribution in [2.24, 2.45) is 5.92 Å². The molecule has 9 aromatic rings. The molecule has 67 heavy (non-hydrogen) atoms. The maximum absolute atomic E-state index is 6.47. The van der Waals surface area contributed by atoms with Crippen LogP contribution < -0.4 is 47.7 Å². The van der Waals surface area contributed by atoms with Crippen molar-refractivity contribution >= 4 is 94.3 Å². The Kier molecular flexibility index (Phi) is 19.6. The molecule has 0 nitrogen and oxygen atoms in total. The monoisotopic (exact) mass is 1140 g/mol. The fourth-order valence-corrected chi connectivity index (χ4v) is 22.0. The number of hydrogen-bond donors (Lipinski definition) is 0. The number of benzene rings is 9. The molecule has 9 rings (SSSR count).